The van der Waals surface area contributed by atoms with Crippen LogP contribution in [0.2, 0.25) is 0 Å². The number of aromatic nitrogens is 2. The summed E-state index contributed by atoms with van der Waals surface area (Å²) in [4.78, 5) is 99.2. The first-order chi connectivity index (χ1) is 23.9. The summed E-state index contributed by atoms with van der Waals surface area (Å²) in [5.74, 6) is -2.16. The van der Waals surface area contributed by atoms with Crippen molar-refractivity contribution in [2.24, 2.45) is 0 Å². The van der Waals surface area contributed by atoms with Crippen LogP contribution >= 0.6 is 0 Å². The molecule has 51 heavy (non-hydrogen) atoms. The Morgan fingerprint density at radius 3 is 1.27 bits per heavy atom. The zero-order valence-corrected chi connectivity index (χ0v) is 25.6. The second-order valence-electron chi connectivity index (χ2n) is 10.1. The van der Waals surface area contributed by atoms with Crippen LogP contribution in [0.1, 0.15) is 43.0 Å². The maximum Gasteiger partial charge on any atom is 0.326 e. The largest absolute Gasteiger partial charge is 0.412 e. The fraction of sp³-hybridized carbons (Fsp3) is 0. The summed E-state index contributed by atoms with van der Waals surface area (Å²) in [5, 5.41) is 30.9. The van der Waals surface area contributed by atoms with Crippen LogP contribution in [0, 0.1) is 20.2 Å². The number of nitro benzene ring substituents is 2. The molecule has 6 N–H and O–H groups in total. The zero-order chi connectivity index (χ0) is 35.9. The Bertz CT molecular complexity index is 2030. The highest BCUT2D eigenvalue weighted by Gasteiger charge is 2.26. The number of nitrogens with zero attached hydrogens (tertiary/aromatic N) is 4. The van der Waals surface area contributed by atoms with Crippen molar-refractivity contribution in [2.75, 3.05) is 0 Å². The minimum absolute atomic E-state index is 0. The van der Waals surface area contributed by atoms with E-state index in [-0.39, 0.29) is 62.1 Å². The van der Waals surface area contributed by atoms with Crippen LogP contribution in [-0.4, -0.2) is 60.7 Å². The summed E-state index contributed by atoms with van der Waals surface area (Å²) in [6.45, 7) is 0. The molecule has 19 heteroatoms. The summed E-state index contributed by atoms with van der Waals surface area (Å²) in [6, 6.07) is 12.5. The molecule has 4 heterocycles. The number of hydrogen-bond acceptors (Lipinski definition) is 12. The lowest BCUT2D eigenvalue weighted by atomic mass is 10.0. The van der Waals surface area contributed by atoms with E-state index in [2.05, 4.69) is 20.6 Å². The number of nitro groups is 2. The smallest absolute Gasteiger partial charge is 0.326 e. The summed E-state index contributed by atoms with van der Waals surface area (Å²) in [6.07, 6.45) is 8.10. The highest BCUT2D eigenvalue weighted by molar-refractivity contribution is 6.15. The third-order valence-electron chi connectivity index (χ3n) is 6.86. The summed E-state index contributed by atoms with van der Waals surface area (Å²) >= 11 is 0. The van der Waals surface area contributed by atoms with Crippen LogP contribution in [0.25, 0.3) is 12.2 Å². The Kier molecular flexibility index (Phi) is 10.9. The number of pyridine rings is 2. The predicted octanol–water partition coefficient (Wildman–Crippen LogP) is 1.98. The third kappa shape index (κ3) is 8.38. The molecule has 0 spiro atoms. The first kappa shape index (κ1) is 36.0. The van der Waals surface area contributed by atoms with Crippen LogP contribution in [-0.2, 0) is 9.59 Å². The molecular weight excluding hydrogens is 672 g/mol. The number of nitrogens with one attached hydrogen (secondary N) is 4. The zero-order valence-electron chi connectivity index (χ0n) is 25.6. The molecule has 2 aromatic carbocycles. The van der Waals surface area contributed by atoms with Gasteiger partial charge in [0.2, 0.25) is 0 Å². The van der Waals surface area contributed by atoms with E-state index in [1.807, 2.05) is 10.6 Å². The maximum atomic E-state index is 12.5. The molecule has 2 fully saturated rings. The number of carbonyl (C=O) groups excluding carboxylic acids is 6. The van der Waals surface area contributed by atoms with E-state index in [1.54, 1.807) is 24.3 Å². The fourth-order valence-electron chi connectivity index (χ4n) is 4.56. The first-order valence-electron chi connectivity index (χ1n) is 14.1. The summed E-state index contributed by atoms with van der Waals surface area (Å²) in [5.41, 5.74) is 0.180. The van der Waals surface area contributed by atoms with Gasteiger partial charge in [0, 0.05) is 59.2 Å². The third-order valence-corrected chi connectivity index (χ3v) is 6.86. The van der Waals surface area contributed by atoms with E-state index in [0.29, 0.717) is 11.1 Å². The molecule has 0 unspecified atom stereocenters. The minimum Gasteiger partial charge on any atom is -0.412 e. The molecule has 2 aliphatic rings. The Hall–Kier alpha value is -7.80. The molecule has 19 nitrogen and oxygen atoms in total. The molecule has 0 saturated carbocycles. The second-order valence-corrected chi connectivity index (χ2v) is 10.1. The van der Waals surface area contributed by atoms with Gasteiger partial charge >= 0.3 is 12.1 Å². The van der Waals surface area contributed by atoms with Gasteiger partial charge in [-0.25, -0.2) is 9.59 Å². The van der Waals surface area contributed by atoms with E-state index < -0.39 is 33.7 Å². The van der Waals surface area contributed by atoms with Gasteiger partial charge in [0.25, 0.3) is 23.2 Å². The molecule has 0 bridgehead atoms. The highest BCUT2D eigenvalue weighted by atomic mass is 16.6. The molecule has 6 rings (SSSR count). The molecule has 0 atom stereocenters. The van der Waals surface area contributed by atoms with E-state index in [0.717, 1.165) is 12.2 Å². The molecule has 2 aliphatic heterocycles. The van der Waals surface area contributed by atoms with E-state index >= 15 is 0 Å². The van der Waals surface area contributed by atoms with Gasteiger partial charge in [-0.05, 0) is 60.7 Å². The van der Waals surface area contributed by atoms with E-state index in [9.17, 15) is 49.0 Å². The van der Waals surface area contributed by atoms with Gasteiger partial charge in [-0.15, -0.1) is 0 Å². The summed E-state index contributed by atoms with van der Waals surface area (Å²) in [7, 11) is 0. The molecule has 0 radical (unpaired) electrons. The van der Waals surface area contributed by atoms with Gasteiger partial charge in [0.1, 0.15) is 11.4 Å². The lowest BCUT2D eigenvalue weighted by molar-refractivity contribution is -0.385. The van der Waals surface area contributed by atoms with Crippen LogP contribution in [0.15, 0.2) is 96.8 Å². The molecule has 256 valence electrons. The fourth-order valence-corrected chi connectivity index (χ4v) is 4.56. The van der Waals surface area contributed by atoms with Gasteiger partial charge in [-0.1, -0.05) is 0 Å². The van der Waals surface area contributed by atoms with Crippen LogP contribution in [0.3, 0.4) is 0 Å². The van der Waals surface area contributed by atoms with Crippen molar-refractivity contribution in [1.29, 1.82) is 0 Å². The van der Waals surface area contributed by atoms with E-state index in [4.69, 9.17) is 0 Å². The number of hydrogen-bond donors (Lipinski definition) is 4. The van der Waals surface area contributed by atoms with Gasteiger partial charge in [-0.3, -0.25) is 60.0 Å². The molecule has 0 aliphatic carbocycles. The Balaban J connectivity index is 0.000000224. The van der Waals surface area contributed by atoms with Crippen molar-refractivity contribution in [2.45, 2.75) is 0 Å². The number of ketones is 2. The standard InChI is InChI=1S/2C16H10N4O5.H2O/c2*21-14(10-2-1-5-17-8-10)9-3-4-13(20(24)25)11(6-9)7-12-15(22)19-16(23)18-12;/h2*1-8H,(H2,18,19,22,23);1H2. The monoisotopic (exact) mass is 694 g/mol. The van der Waals surface area contributed by atoms with E-state index in [1.165, 1.54) is 61.2 Å². The number of rotatable bonds is 8. The Morgan fingerprint density at radius 2 is 0.980 bits per heavy atom. The van der Waals surface area contributed by atoms with Crippen LogP contribution in [0.5, 0.6) is 0 Å². The van der Waals surface area contributed by atoms with Gasteiger partial charge in [0.15, 0.2) is 11.6 Å². The quantitative estimate of drug-likeness (QED) is 0.0677. The highest BCUT2D eigenvalue weighted by Crippen LogP contribution is 2.26. The van der Waals surface area contributed by atoms with Crippen molar-refractivity contribution in [3.05, 3.63) is 150 Å². The molecule has 6 amide bonds. The lowest BCUT2D eigenvalue weighted by Gasteiger charge is -2.04. The van der Waals surface area contributed by atoms with Gasteiger partial charge in [0.05, 0.1) is 21.0 Å². The topological polar surface area (TPSA) is 294 Å². The number of amides is 6. The van der Waals surface area contributed by atoms with Crippen molar-refractivity contribution in [3.8, 4) is 0 Å². The molecular formula is C32H22N8O11. The Labute approximate surface area is 284 Å². The average Bonchev–Trinajstić information content (AvgIpc) is 3.60. The minimum atomic E-state index is -0.721. The van der Waals surface area contributed by atoms with Crippen molar-refractivity contribution >= 4 is 59.0 Å². The molecule has 2 aromatic heterocycles. The number of urea groups is 2. The second kappa shape index (κ2) is 15.4. The number of imide groups is 2. The molecule has 2 saturated heterocycles. The maximum absolute atomic E-state index is 12.5. The van der Waals surface area contributed by atoms with Crippen LogP contribution < -0.4 is 21.3 Å². The first-order valence-corrected chi connectivity index (χ1v) is 14.1. The van der Waals surface area contributed by atoms with Crippen molar-refractivity contribution in [1.82, 2.24) is 31.2 Å². The van der Waals surface area contributed by atoms with Gasteiger partial charge < -0.3 is 16.1 Å². The predicted molar refractivity (Wildman–Crippen MR) is 174 cm³/mol. The summed E-state index contributed by atoms with van der Waals surface area (Å²) < 4.78 is 0. The molecule has 4 aromatic rings. The number of benzene rings is 2. The lowest BCUT2D eigenvalue weighted by Crippen LogP contribution is -2.22. The van der Waals surface area contributed by atoms with Crippen molar-refractivity contribution < 1.29 is 44.1 Å². The van der Waals surface area contributed by atoms with Crippen LogP contribution in [0.4, 0.5) is 21.0 Å². The average molecular weight is 695 g/mol. The SMILES string of the molecule is O.O=C1NC(=O)C(=Cc2cc(C(=O)c3cccnc3)ccc2[N+](=O)[O-])N1.O=C1NC(=O)C(=Cc2cc(C(=O)c3cccnc3)ccc2[N+](=O)[O-])N1. The van der Waals surface area contributed by atoms with Gasteiger partial charge in [-0.2, -0.15) is 0 Å². The van der Waals surface area contributed by atoms with Crippen molar-refractivity contribution in [3.63, 3.8) is 0 Å². The normalized spacial score (nSPS) is 14.7. The number of carbonyl (C=O) groups is 6. The Morgan fingerprint density at radius 1 is 0.588 bits per heavy atom.